The van der Waals surface area contributed by atoms with Crippen molar-refractivity contribution in [2.75, 3.05) is 5.32 Å². The zero-order chi connectivity index (χ0) is 12.4. The number of thiazole rings is 1. The van der Waals surface area contributed by atoms with Gasteiger partial charge in [-0.25, -0.2) is 4.98 Å². The molecule has 2 rings (SSSR count). The molecule has 1 heterocycles. The van der Waals surface area contributed by atoms with Crippen molar-refractivity contribution in [1.29, 1.82) is 0 Å². The van der Waals surface area contributed by atoms with Crippen LogP contribution in [0.15, 0.2) is 31.1 Å². The van der Waals surface area contributed by atoms with Crippen molar-refractivity contribution in [3.05, 3.63) is 41.6 Å². The summed E-state index contributed by atoms with van der Waals surface area (Å²) in [7, 11) is 0. The van der Waals surface area contributed by atoms with Gasteiger partial charge >= 0.3 is 0 Å². The van der Waals surface area contributed by atoms with E-state index in [-0.39, 0.29) is 0 Å². The maximum absolute atomic E-state index is 4.24. The maximum atomic E-state index is 4.24. The highest BCUT2D eigenvalue weighted by Crippen LogP contribution is 2.34. The van der Waals surface area contributed by atoms with E-state index in [4.69, 9.17) is 0 Å². The molecule has 0 radical (unpaired) electrons. The molecular weight excluding hydrogens is 432 g/mol. The van der Waals surface area contributed by atoms with E-state index in [0.29, 0.717) is 0 Å². The molecule has 2 aromatic rings. The second-order valence-corrected chi connectivity index (χ2v) is 7.02. The van der Waals surface area contributed by atoms with Gasteiger partial charge in [-0.3, -0.25) is 0 Å². The lowest BCUT2D eigenvalue weighted by molar-refractivity contribution is 1.12. The van der Waals surface area contributed by atoms with Gasteiger partial charge in [-0.2, -0.15) is 0 Å². The largest absolute Gasteiger partial charge is 0.378 e. The molecule has 0 saturated heterocycles. The van der Waals surface area contributed by atoms with Crippen LogP contribution in [0.5, 0.6) is 0 Å². The van der Waals surface area contributed by atoms with Gasteiger partial charge in [0.1, 0.15) is 0 Å². The summed E-state index contributed by atoms with van der Waals surface area (Å²) in [5, 5.41) is 3.41. The van der Waals surface area contributed by atoms with Crippen LogP contribution in [0.3, 0.4) is 0 Å². The lowest BCUT2D eigenvalue weighted by Gasteiger charge is -2.10. The summed E-state index contributed by atoms with van der Waals surface area (Å²) in [5.74, 6) is 0. The Bertz CT molecular complexity index is 516. The first-order valence-corrected chi connectivity index (χ1v) is 8.11. The minimum Gasteiger partial charge on any atom is -0.378 e. The Kier molecular flexibility index (Phi) is 4.63. The van der Waals surface area contributed by atoms with Crippen LogP contribution in [0, 0.1) is 6.92 Å². The second-order valence-electron chi connectivity index (χ2n) is 3.46. The van der Waals surface area contributed by atoms with Crippen LogP contribution in [0.2, 0.25) is 0 Å². The first kappa shape index (κ1) is 13.5. The Morgan fingerprint density at radius 2 is 1.88 bits per heavy atom. The van der Waals surface area contributed by atoms with Gasteiger partial charge in [-0.15, -0.1) is 11.3 Å². The summed E-state index contributed by atoms with van der Waals surface area (Å²) in [5.41, 5.74) is 4.02. The average molecular weight is 441 g/mol. The van der Waals surface area contributed by atoms with E-state index < -0.39 is 0 Å². The molecule has 0 spiro atoms. The monoisotopic (exact) mass is 438 g/mol. The smallest absolute Gasteiger partial charge is 0.0798 e. The fraction of sp³-hybridized carbons (Fsp3) is 0.182. The van der Waals surface area contributed by atoms with Crippen LogP contribution >= 0.6 is 59.1 Å². The number of hydrogen-bond donors (Lipinski definition) is 1. The van der Waals surface area contributed by atoms with Crippen LogP contribution < -0.4 is 5.32 Å². The summed E-state index contributed by atoms with van der Waals surface area (Å²) in [6.07, 6.45) is 0. The summed E-state index contributed by atoms with van der Waals surface area (Å²) >= 11 is 12.2. The number of aromatic nitrogens is 1. The number of benzene rings is 1. The molecule has 0 atom stereocenters. The van der Waals surface area contributed by atoms with Crippen LogP contribution in [0.25, 0.3) is 0 Å². The predicted octanol–water partition coefficient (Wildman–Crippen LogP) is 5.35. The van der Waals surface area contributed by atoms with Crippen LogP contribution in [-0.4, -0.2) is 4.98 Å². The molecule has 0 aliphatic carbocycles. The molecule has 0 fully saturated rings. The van der Waals surface area contributed by atoms with Gasteiger partial charge < -0.3 is 5.32 Å². The molecule has 0 unspecified atom stereocenters. The molecule has 1 aromatic heterocycles. The lowest BCUT2D eigenvalue weighted by atomic mass is 10.3. The zero-order valence-electron chi connectivity index (χ0n) is 8.93. The van der Waals surface area contributed by atoms with Crippen molar-refractivity contribution in [2.45, 2.75) is 13.5 Å². The summed E-state index contributed by atoms with van der Waals surface area (Å²) < 4.78 is 3.10. The molecule has 0 aliphatic rings. The summed E-state index contributed by atoms with van der Waals surface area (Å²) in [6, 6.07) is 4.04. The van der Waals surface area contributed by atoms with Crippen LogP contribution in [0.1, 0.15) is 10.6 Å². The Balaban J connectivity index is 2.17. The van der Waals surface area contributed by atoms with E-state index in [1.165, 1.54) is 4.88 Å². The van der Waals surface area contributed by atoms with Gasteiger partial charge in [0, 0.05) is 18.3 Å². The van der Waals surface area contributed by atoms with E-state index >= 15 is 0 Å². The van der Waals surface area contributed by atoms with Gasteiger partial charge in [-0.1, -0.05) is 15.9 Å². The number of anilines is 1. The third-order valence-electron chi connectivity index (χ3n) is 2.28. The number of nitrogens with one attached hydrogen (secondary N) is 1. The Morgan fingerprint density at radius 3 is 2.41 bits per heavy atom. The second kappa shape index (κ2) is 5.82. The van der Waals surface area contributed by atoms with Gasteiger partial charge in [0.2, 0.25) is 0 Å². The van der Waals surface area contributed by atoms with Crippen LogP contribution in [0.4, 0.5) is 5.69 Å². The molecule has 2 nitrogen and oxygen atoms in total. The fourth-order valence-electron chi connectivity index (χ4n) is 1.38. The third-order valence-corrected chi connectivity index (χ3v) is 4.92. The molecule has 6 heteroatoms. The summed E-state index contributed by atoms with van der Waals surface area (Å²) in [4.78, 5) is 5.49. The standard InChI is InChI=1S/C11H9Br3N2S/c1-6-10(17-5-16-6)4-15-11-8(13)2-7(12)3-9(11)14/h2-3,5,15H,4H2,1H3. The zero-order valence-corrected chi connectivity index (χ0v) is 14.5. The molecule has 0 aliphatic heterocycles. The normalized spacial score (nSPS) is 10.6. The average Bonchev–Trinajstić information content (AvgIpc) is 2.62. The van der Waals surface area contributed by atoms with E-state index in [0.717, 1.165) is 31.3 Å². The topological polar surface area (TPSA) is 24.9 Å². The predicted molar refractivity (Wildman–Crippen MR) is 83.7 cm³/mol. The molecule has 90 valence electrons. The fourth-order valence-corrected chi connectivity index (χ4v) is 4.63. The van der Waals surface area contributed by atoms with Crippen LogP contribution in [-0.2, 0) is 6.54 Å². The van der Waals surface area contributed by atoms with Crippen molar-refractivity contribution in [3.63, 3.8) is 0 Å². The Hall–Kier alpha value is 0.0900. The third kappa shape index (κ3) is 3.30. The SMILES string of the molecule is Cc1ncsc1CNc1c(Br)cc(Br)cc1Br. The quantitative estimate of drug-likeness (QED) is 0.695. The summed E-state index contributed by atoms with van der Waals surface area (Å²) in [6.45, 7) is 2.81. The molecule has 1 aromatic carbocycles. The molecule has 0 bridgehead atoms. The van der Waals surface area contributed by atoms with Crippen molar-refractivity contribution >= 4 is 64.8 Å². The number of hydrogen-bond acceptors (Lipinski definition) is 3. The number of aryl methyl sites for hydroxylation is 1. The van der Waals surface area contributed by atoms with Crippen molar-refractivity contribution in [1.82, 2.24) is 4.98 Å². The van der Waals surface area contributed by atoms with E-state index in [2.05, 4.69) is 58.1 Å². The highest BCUT2D eigenvalue weighted by molar-refractivity contribution is 9.11. The first-order valence-electron chi connectivity index (χ1n) is 4.85. The van der Waals surface area contributed by atoms with E-state index in [1.807, 2.05) is 24.6 Å². The Labute approximate surface area is 129 Å². The van der Waals surface area contributed by atoms with Gasteiger partial charge in [-0.05, 0) is 50.9 Å². The first-order chi connectivity index (χ1) is 8.08. The Morgan fingerprint density at radius 1 is 1.24 bits per heavy atom. The van der Waals surface area contributed by atoms with Crippen molar-refractivity contribution < 1.29 is 0 Å². The van der Waals surface area contributed by atoms with Crippen molar-refractivity contribution in [2.24, 2.45) is 0 Å². The van der Waals surface area contributed by atoms with Crippen molar-refractivity contribution in [3.8, 4) is 0 Å². The van der Waals surface area contributed by atoms with Gasteiger partial charge in [0.05, 0.1) is 23.4 Å². The van der Waals surface area contributed by atoms with E-state index in [9.17, 15) is 0 Å². The minimum absolute atomic E-state index is 0.787. The number of halogens is 3. The highest BCUT2D eigenvalue weighted by atomic mass is 79.9. The highest BCUT2D eigenvalue weighted by Gasteiger charge is 2.08. The molecule has 17 heavy (non-hydrogen) atoms. The molecule has 0 saturated carbocycles. The molecule has 1 N–H and O–H groups in total. The molecular formula is C11H9Br3N2S. The maximum Gasteiger partial charge on any atom is 0.0798 e. The minimum atomic E-state index is 0.787. The number of rotatable bonds is 3. The number of nitrogens with zero attached hydrogens (tertiary/aromatic N) is 1. The van der Waals surface area contributed by atoms with E-state index in [1.54, 1.807) is 11.3 Å². The van der Waals surface area contributed by atoms with Gasteiger partial charge in [0.25, 0.3) is 0 Å². The van der Waals surface area contributed by atoms with Gasteiger partial charge in [0.15, 0.2) is 0 Å². The molecule has 0 amide bonds. The lowest BCUT2D eigenvalue weighted by Crippen LogP contribution is -2.00.